The second kappa shape index (κ2) is 9.64. The number of hydrogen-bond donors (Lipinski definition) is 0. The zero-order chi connectivity index (χ0) is 29.2. The second-order valence-corrected chi connectivity index (χ2v) is 11.2. The van der Waals surface area contributed by atoms with Crippen LogP contribution in [0.25, 0.3) is 6.08 Å². The van der Waals surface area contributed by atoms with Crippen LogP contribution in [0.3, 0.4) is 0 Å². The molecule has 6 nitrogen and oxygen atoms in total. The number of fused-ring (bicyclic) bond motifs is 5. The lowest BCUT2D eigenvalue weighted by Gasteiger charge is -2.37. The highest BCUT2D eigenvalue weighted by Gasteiger charge is 2.71. The van der Waals surface area contributed by atoms with Gasteiger partial charge in [0.1, 0.15) is 17.2 Å². The van der Waals surface area contributed by atoms with Crippen LogP contribution in [0, 0.1) is 5.41 Å². The fourth-order valence-electron chi connectivity index (χ4n) is 7.01. The Morgan fingerprint density at radius 3 is 2.17 bits per heavy atom. The Kier molecular flexibility index (Phi) is 5.99. The van der Waals surface area contributed by atoms with Gasteiger partial charge in [0.2, 0.25) is 0 Å². The molecule has 7 rings (SSSR count). The number of carbonyl (C=O) groups excluding carboxylic acids is 4. The van der Waals surface area contributed by atoms with E-state index in [0.717, 1.165) is 11.3 Å². The standard InChI is InChI=1S/C35H24ClNO5/c1-20(38)42-25-16-13-22(14-17-25)32(39)31-30(23-8-6-9-24(36)19-23)35(33(40)26-10-3-4-11-27(26)34(35)41)29-18-15-21-7-2-5-12-28(21)37(29)31/h2-19,29-31H,1H3. The van der Waals surface area contributed by atoms with Gasteiger partial charge in [-0.3, -0.25) is 19.2 Å². The number of hydrogen-bond acceptors (Lipinski definition) is 6. The Labute approximate surface area is 247 Å². The van der Waals surface area contributed by atoms with Crippen LogP contribution in [-0.4, -0.2) is 35.4 Å². The number of para-hydroxylation sites is 1. The quantitative estimate of drug-likeness (QED) is 0.119. The van der Waals surface area contributed by atoms with Gasteiger partial charge < -0.3 is 9.64 Å². The Hall–Kier alpha value is -4.81. The molecule has 2 heterocycles. The maximum Gasteiger partial charge on any atom is 0.308 e. The first-order valence-electron chi connectivity index (χ1n) is 13.6. The van der Waals surface area contributed by atoms with E-state index in [9.17, 15) is 19.2 Å². The average molecular weight is 574 g/mol. The van der Waals surface area contributed by atoms with Gasteiger partial charge in [-0.1, -0.05) is 78.4 Å². The van der Waals surface area contributed by atoms with Gasteiger partial charge in [-0.05, 0) is 53.6 Å². The summed E-state index contributed by atoms with van der Waals surface area (Å²) >= 11 is 6.49. The van der Waals surface area contributed by atoms with Crippen LogP contribution < -0.4 is 9.64 Å². The van der Waals surface area contributed by atoms with Crippen molar-refractivity contribution in [2.24, 2.45) is 5.41 Å². The Morgan fingerprint density at radius 1 is 0.833 bits per heavy atom. The highest BCUT2D eigenvalue weighted by molar-refractivity contribution is 6.33. The number of nitrogens with zero attached hydrogens (tertiary/aromatic N) is 1. The van der Waals surface area contributed by atoms with Gasteiger partial charge in [-0.15, -0.1) is 0 Å². The van der Waals surface area contributed by atoms with Crippen LogP contribution >= 0.6 is 11.6 Å². The molecule has 4 aromatic carbocycles. The van der Waals surface area contributed by atoms with Crippen molar-refractivity contribution >= 4 is 46.7 Å². The third-order valence-electron chi connectivity index (χ3n) is 8.59. The van der Waals surface area contributed by atoms with Crippen LogP contribution in [-0.2, 0) is 4.79 Å². The predicted octanol–water partition coefficient (Wildman–Crippen LogP) is 6.58. The van der Waals surface area contributed by atoms with Crippen molar-refractivity contribution < 1.29 is 23.9 Å². The molecular weight excluding hydrogens is 550 g/mol. The van der Waals surface area contributed by atoms with Crippen molar-refractivity contribution in [3.8, 4) is 5.75 Å². The number of benzene rings is 4. The predicted molar refractivity (Wildman–Crippen MR) is 159 cm³/mol. The molecule has 0 bridgehead atoms. The summed E-state index contributed by atoms with van der Waals surface area (Å²) in [5.74, 6) is -1.87. The zero-order valence-electron chi connectivity index (χ0n) is 22.5. The molecule has 206 valence electrons. The average Bonchev–Trinajstić information content (AvgIpc) is 3.43. The lowest BCUT2D eigenvalue weighted by atomic mass is 9.64. The van der Waals surface area contributed by atoms with E-state index in [-0.39, 0.29) is 17.3 Å². The van der Waals surface area contributed by atoms with Crippen LogP contribution in [0.4, 0.5) is 5.69 Å². The van der Waals surface area contributed by atoms with Gasteiger partial charge in [0, 0.05) is 40.2 Å². The Bertz CT molecular complexity index is 1810. The van der Waals surface area contributed by atoms with Gasteiger partial charge in [0.05, 0.1) is 6.04 Å². The van der Waals surface area contributed by atoms with Crippen molar-refractivity contribution in [3.05, 3.63) is 136 Å². The molecule has 1 spiro atoms. The molecule has 42 heavy (non-hydrogen) atoms. The van der Waals surface area contributed by atoms with Crippen LogP contribution in [0.2, 0.25) is 5.02 Å². The molecule has 4 aromatic rings. The van der Waals surface area contributed by atoms with E-state index in [2.05, 4.69) is 0 Å². The fraction of sp³-hybridized carbons (Fsp3) is 0.143. The molecule has 1 saturated heterocycles. The summed E-state index contributed by atoms with van der Waals surface area (Å²) in [5, 5.41) is 0.441. The molecule has 0 saturated carbocycles. The van der Waals surface area contributed by atoms with Crippen molar-refractivity contribution in [2.75, 3.05) is 4.90 Å². The van der Waals surface area contributed by atoms with E-state index in [1.165, 1.54) is 6.92 Å². The maximum absolute atomic E-state index is 14.7. The third kappa shape index (κ3) is 3.65. The lowest BCUT2D eigenvalue weighted by molar-refractivity contribution is -0.131. The second-order valence-electron chi connectivity index (χ2n) is 10.8. The Balaban J connectivity index is 1.49. The smallest absolute Gasteiger partial charge is 0.308 e. The van der Waals surface area contributed by atoms with Gasteiger partial charge in [0.15, 0.2) is 17.3 Å². The number of ether oxygens (including phenoxy) is 1. The summed E-state index contributed by atoms with van der Waals surface area (Å²) < 4.78 is 5.18. The summed E-state index contributed by atoms with van der Waals surface area (Å²) in [5.41, 5.74) is 1.76. The summed E-state index contributed by atoms with van der Waals surface area (Å²) in [6.45, 7) is 1.31. The molecule has 3 atom stereocenters. The minimum atomic E-state index is -1.60. The summed E-state index contributed by atoms with van der Waals surface area (Å²) in [7, 11) is 0. The van der Waals surface area contributed by atoms with Gasteiger partial charge in [0.25, 0.3) is 0 Å². The molecular formula is C35H24ClNO5. The SMILES string of the molecule is CC(=O)Oc1ccc(C(=O)C2C(c3cccc(Cl)c3)C3(C(=O)c4ccccc4C3=O)C3C=Cc4ccccc4N23)cc1. The van der Waals surface area contributed by atoms with Crippen LogP contribution in [0.5, 0.6) is 5.75 Å². The number of ketones is 3. The lowest BCUT2D eigenvalue weighted by Crippen LogP contribution is -2.48. The van der Waals surface area contributed by atoms with Crippen LogP contribution in [0.1, 0.15) is 55.0 Å². The van der Waals surface area contributed by atoms with E-state index in [4.69, 9.17) is 16.3 Å². The van der Waals surface area contributed by atoms with Crippen molar-refractivity contribution in [3.63, 3.8) is 0 Å². The van der Waals surface area contributed by atoms with E-state index >= 15 is 0 Å². The summed E-state index contributed by atoms with van der Waals surface area (Å²) in [6.07, 6.45) is 3.82. The molecule has 2 aliphatic heterocycles. The molecule has 1 fully saturated rings. The van der Waals surface area contributed by atoms with Crippen LogP contribution in [0.15, 0.2) is 103 Å². The third-order valence-corrected chi connectivity index (χ3v) is 8.82. The molecule has 1 aliphatic carbocycles. The number of rotatable bonds is 4. The number of halogens is 1. The normalized spacial score (nSPS) is 21.2. The minimum Gasteiger partial charge on any atom is -0.427 e. The van der Waals surface area contributed by atoms with E-state index in [1.54, 1.807) is 66.7 Å². The molecule has 0 radical (unpaired) electrons. The molecule has 3 aliphatic rings. The van der Waals surface area contributed by atoms with Crippen molar-refractivity contribution in [1.29, 1.82) is 0 Å². The minimum absolute atomic E-state index is 0.266. The summed E-state index contributed by atoms with van der Waals surface area (Å²) in [4.78, 5) is 57.4. The summed E-state index contributed by atoms with van der Waals surface area (Å²) in [6, 6.07) is 26.3. The number of anilines is 1. The topological polar surface area (TPSA) is 80.8 Å². The highest BCUT2D eigenvalue weighted by Crippen LogP contribution is 2.61. The molecule has 3 unspecified atom stereocenters. The van der Waals surface area contributed by atoms with E-state index in [1.807, 2.05) is 47.4 Å². The first-order chi connectivity index (χ1) is 20.3. The molecule has 0 N–H and O–H groups in total. The number of esters is 1. The molecule has 7 heteroatoms. The number of Topliss-reactive ketones (excluding diaryl/α,β-unsaturated/α-hetero) is 3. The van der Waals surface area contributed by atoms with Gasteiger partial charge in [-0.2, -0.15) is 0 Å². The van der Waals surface area contributed by atoms with Crippen molar-refractivity contribution in [2.45, 2.75) is 24.9 Å². The zero-order valence-corrected chi connectivity index (χ0v) is 23.2. The van der Waals surface area contributed by atoms with Gasteiger partial charge >= 0.3 is 5.97 Å². The maximum atomic E-state index is 14.7. The largest absolute Gasteiger partial charge is 0.427 e. The Morgan fingerprint density at radius 2 is 1.50 bits per heavy atom. The van der Waals surface area contributed by atoms with Crippen molar-refractivity contribution in [1.82, 2.24) is 0 Å². The highest BCUT2D eigenvalue weighted by atomic mass is 35.5. The molecule has 0 aromatic heterocycles. The van der Waals surface area contributed by atoms with E-state index in [0.29, 0.717) is 33.0 Å². The molecule has 0 amide bonds. The fourth-order valence-corrected chi connectivity index (χ4v) is 7.21. The monoisotopic (exact) mass is 573 g/mol. The first kappa shape index (κ1) is 26.1. The van der Waals surface area contributed by atoms with E-state index < -0.39 is 29.4 Å². The first-order valence-corrected chi connectivity index (χ1v) is 14.0. The number of carbonyl (C=O) groups is 4. The van der Waals surface area contributed by atoms with Gasteiger partial charge in [-0.25, -0.2) is 0 Å².